The number of alkyl halides is 7. The lowest BCUT2D eigenvalue weighted by Gasteiger charge is -2.26. The summed E-state index contributed by atoms with van der Waals surface area (Å²) in [6.07, 6.45) is -5.84. The van der Waals surface area contributed by atoms with Crippen LogP contribution in [0.25, 0.3) is 0 Å². The molecule has 0 heterocycles. The monoisotopic (exact) mass is 291 g/mol. The van der Waals surface area contributed by atoms with Gasteiger partial charge < -0.3 is 10.5 Å². The molecule has 2 nitrogen and oxygen atoms in total. The van der Waals surface area contributed by atoms with Crippen molar-refractivity contribution < 1.29 is 35.5 Å². The third-order valence-corrected chi connectivity index (χ3v) is 2.21. The van der Waals surface area contributed by atoms with Crippen LogP contribution in [0.1, 0.15) is 11.6 Å². The highest BCUT2D eigenvalue weighted by atomic mass is 19.4. The van der Waals surface area contributed by atoms with Gasteiger partial charge >= 0.3 is 18.7 Å². The zero-order chi connectivity index (χ0) is 14.8. The van der Waals surface area contributed by atoms with Gasteiger partial charge in [0, 0.05) is 0 Å². The van der Waals surface area contributed by atoms with Gasteiger partial charge in [-0.15, -0.1) is 0 Å². The molecule has 0 unspecified atom stereocenters. The minimum atomic E-state index is -5.84. The molecule has 19 heavy (non-hydrogen) atoms. The maximum atomic E-state index is 13.0. The van der Waals surface area contributed by atoms with E-state index in [2.05, 4.69) is 4.74 Å². The van der Waals surface area contributed by atoms with Gasteiger partial charge in [-0.25, -0.2) is 0 Å². The number of ether oxygens (including phenoxy) is 1. The summed E-state index contributed by atoms with van der Waals surface area (Å²) in [5.41, 5.74) is 4.18. The third-order valence-electron chi connectivity index (χ3n) is 2.21. The molecule has 0 aliphatic heterocycles. The van der Waals surface area contributed by atoms with Crippen LogP contribution in [0.4, 0.5) is 30.7 Å². The summed E-state index contributed by atoms with van der Waals surface area (Å²) in [5, 5.41) is 0. The molecule has 1 atom stereocenters. The first kappa shape index (κ1) is 15.5. The topological polar surface area (TPSA) is 35.2 Å². The SMILES string of the molecule is N[C@@H](c1cccc(OC(F)F)c1)C(F)(F)C(F)(F)F. The van der Waals surface area contributed by atoms with Crippen LogP contribution in [-0.4, -0.2) is 18.7 Å². The summed E-state index contributed by atoms with van der Waals surface area (Å²) in [7, 11) is 0. The molecule has 1 aromatic carbocycles. The highest BCUT2D eigenvalue weighted by molar-refractivity contribution is 5.31. The molecule has 0 aliphatic carbocycles. The molecule has 0 aliphatic rings. The first-order chi connectivity index (χ1) is 8.55. The second kappa shape index (κ2) is 5.24. The second-order valence-corrected chi connectivity index (χ2v) is 3.55. The van der Waals surface area contributed by atoms with E-state index in [0.717, 1.165) is 18.2 Å². The standard InChI is InChI=1S/C10H8F7NO/c11-8(12)19-6-3-1-2-5(4-6)7(18)9(13,14)10(15,16)17/h1-4,7-8H,18H2/t7-/m0/s1. The molecule has 0 radical (unpaired) electrons. The van der Waals surface area contributed by atoms with Crippen molar-refractivity contribution in [3.05, 3.63) is 29.8 Å². The fourth-order valence-electron chi connectivity index (χ4n) is 1.27. The molecule has 1 rings (SSSR count). The van der Waals surface area contributed by atoms with Crippen molar-refractivity contribution in [1.82, 2.24) is 0 Å². The van der Waals surface area contributed by atoms with Gasteiger partial charge in [0.2, 0.25) is 0 Å². The van der Waals surface area contributed by atoms with Crippen molar-refractivity contribution in [2.75, 3.05) is 0 Å². The Bertz CT molecular complexity index is 432. The summed E-state index contributed by atoms with van der Waals surface area (Å²) < 4.78 is 89.9. The number of halogens is 7. The molecule has 0 spiro atoms. The van der Waals surface area contributed by atoms with Gasteiger partial charge in [0.25, 0.3) is 0 Å². The molecule has 0 fully saturated rings. The van der Waals surface area contributed by atoms with Gasteiger partial charge in [-0.1, -0.05) is 12.1 Å². The summed E-state index contributed by atoms with van der Waals surface area (Å²) >= 11 is 0. The van der Waals surface area contributed by atoms with E-state index in [1.807, 2.05) is 0 Å². The molecular formula is C10H8F7NO. The Morgan fingerprint density at radius 3 is 2.11 bits per heavy atom. The molecule has 9 heteroatoms. The van der Waals surface area contributed by atoms with Crippen LogP contribution in [0.2, 0.25) is 0 Å². The first-order valence-corrected chi connectivity index (χ1v) is 4.80. The maximum absolute atomic E-state index is 13.0. The minimum absolute atomic E-state index is 0.555. The zero-order valence-corrected chi connectivity index (χ0v) is 9.10. The Hall–Kier alpha value is -1.51. The lowest BCUT2D eigenvalue weighted by Crippen LogP contribution is -2.45. The molecule has 0 amide bonds. The van der Waals surface area contributed by atoms with Crippen LogP contribution in [0, 0.1) is 0 Å². The molecule has 1 aromatic rings. The molecular weight excluding hydrogens is 283 g/mol. The fraction of sp³-hybridized carbons (Fsp3) is 0.400. The number of benzene rings is 1. The zero-order valence-electron chi connectivity index (χ0n) is 9.10. The summed E-state index contributed by atoms with van der Waals surface area (Å²) in [5.74, 6) is -5.74. The van der Waals surface area contributed by atoms with E-state index >= 15 is 0 Å². The summed E-state index contributed by atoms with van der Waals surface area (Å²) in [6, 6.07) is 0.723. The summed E-state index contributed by atoms with van der Waals surface area (Å²) in [6.45, 7) is -3.23. The van der Waals surface area contributed by atoms with E-state index in [1.165, 1.54) is 0 Å². The molecule has 2 N–H and O–H groups in total. The van der Waals surface area contributed by atoms with Crippen molar-refractivity contribution in [2.45, 2.75) is 24.8 Å². The van der Waals surface area contributed by atoms with Crippen LogP contribution < -0.4 is 10.5 Å². The molecule has 0 saturated carbocycles. The second-order valence-electron chi connectivity index (χ2n) is 3.55. The van der Waals surface area contributed by atoms with Gasteiger partial charge in [0.05, 0.1) is 0 Å². The Balaban J connectivity index is 3.03. The average Bonchev–Trinajstić information content (AvgIpc) is 2.25. The highest BCUT2D eigenvalue weighted by Crippen LogP contribution is 2.43. The van der Waals surface area contributed by atoms with Gasteiger partial charge in [-0.3, -0.25) is 0 Å². The Morgan fingerprint density at radius 1 is 1.05 bits per heavy atom. The largest absolute Gasteiger partial charge is 0.455 e. The highest BCUT2D eigenvalue weighted by Gasteiger charge is 2.61. The maximum Gasteiger partial charge on any atom is 0.455 e. The number of nitrogens with two attached hydrogens (primary N) is 1. The van der Waals surface area contributed by atoms with Crippen molar-refractivity contribution in [1.29, 1.82) is 0 Å². The molecule has 0 saturated heterocycles. The lowest BCUT2D eigenvalue weighted by molar-refractivity contribution is -0.291. The van der Waals surface area contributed by atoms with Gasteiger partial charge in [0.15, 0.2) is 0 Å². The van der Waals surface area contributed by atoms with Crippen LogP contribution in [0.5, 0.6) is 5.75 Å². The van der Waals surface area contributed by atoms with Crippen LogP contribution >= 0.6 is 0 Å². The average molecular weight is 291 g/mol. The van der Waals surface area contributed by atoms with E-state index in [0.29, 0.717) is 6.07 Å². The van der Waals surface area contributed by atoms with Crippen LogP contribution in [-0.2, 0) is 0 Å². The van der Waals surface area contributed by atoms with Crippen molar-refractivity contribution in [3.8, 4) is 5.75 Å². The van der Waals surface area contributed by atoms with Gasteiger partial charge in [-0.2, -0.15) is 30.7 Å². The van der Waals surface area contributed by atoms with E-state index in [9.17, 15) is 30.7 Å². The summed E-state index contributed by atoms with van der Waals surface area (Å²) in [4.78, 5) is 0. The minimum Gasteiger partial charge on any atom is -0.435 e. The number of hydrogen-bond acceptors (Lipinski definition) is 2. The Kier molecular flexibility index (Phi) is 4.28. The smallest absolute Gasteiger partial charge is 0.435 e. The number of rotatable bonds is 4. The van der Waals surface area contributed by atoms with E-state index in [1.54, 1.807) is 0 Å². The van der Waals surface area contributed by atoms with Crippen molar-refractivity contribution >= 4 is 0 Å². The Labute approximate surface area is 103 Å². The van der Waals surface area contributed by atoms with E-state index in [-0.39, 0.29) is 0 Å². The van der Waals surface area contributed by atoms with Crippen molar-refractivity contribution in [2.24, 2.45) is 5.73 Å². The predicted molar refractivity (Wildman–Crippen MR) is 51.0 cm³/mol. The molecule has 108 valence electrons. The molecule has 0 aromatic heterocycles. The van der Waals surface area contributed by atoms with Crippen LogP contribution in [0.15, 0.2) is 24.3 Å². The van der Waals surface area contributed by atoms with Crippen LogP contribution in [0.3, 0.4) is 0 Å². The van der Waals surface area contributed by atoms with Crippen molar-refractivity contribution in [3.63, 3.8) is 0 Å². The van der Waals surface area contributed by atoms with E-state index in [4.69, 9.17) is 5.73 Å². The number of hydrogen-bond donors (Lipinski definition) is 1. The Morgan fingerprint density at radius 2 is 1.63 bits per heavy atom. The first-order valence-electron chi connectivity index (χ1n) is 4.80. The quantitative estimate of drug-likeness (QED) is 0.862. The predicted octanol–water partition coefficient (Wildman–Crippen LogP) is 3.49. The third kappa shape index (κ3) is 3.49. The van der Waals surface area contributed by atoms with E-state index < -0.39 is 36.1 Å². The fourth-order valence-corrected chi connectivity index (χ4v) is 1.27. The van der Waals surface area contributed by atoms with Gasteiger partial charge in [0.1, 0.15) is 11.8 Å². The molecule has 0 bridgehead atoms. The normalized spacial score (nSPS) is 14.6. The lowest BCUT2D eigenvalue weighted by atomic mass is 10.0. The van der Waals surface area contributed by atoms with Gasteiger partial charge in [-0.05, 0) is 17.7 Å².